The normalized spacial score (nSPS) is 10.9. The van der Waals surface area contributed by atoms with Crippen molar-refractivity contribution < 1.29 is 9.90 Å². The standard InChI is InChI=1S/C12H12ClNO2/c1-7-3-9-8(2)5-14(6-12(15)16)11(9)4-10(7)13/h3-5H,6H2,1-2H3,(H,15,16). The molecule has 1 aromatic heterocycles. The minimum absolute atomic E-state index is 0.0380. The van der Waals surface area contributed by atoms with E-state index in [0.717, 1.165) is 22.0 Å². The zero-order chi connectivity index (χ0) is 11.9. The Morgan fingerprint density at radius 3 is 2.69 bits per heavy atom. The van der Waals surface area contributed by atoms with E-state index in [-0.39, 0.29) is 6.54 Å². The number of aliphatic carboxylic acids is 1. The third-order valence-electron chi connectivity index (χ3n) is 2.67. The second-order valence-corrected chi connectivity index (χ2v) is 4.36. The van der Waals surface area contributed by atoms with E-state index in [1.54, 1.807) is 4.57 Å². The summed E-state index contributed by atoms with van der Waals surface area (Å²) in [6.45, 7) is 3.87. The Balaban J connectivity index is 2.68. The van der Waals surface area contributed by atoms with Crippen LogP contribution in [0.4, 0.5) is 0 Å². The van der Waals surface area contributed by atoms with Crippen molar-refractivity contribution in [3.8, 4) is 0 Å². The molecule has 0 bridgehead atoms. The second kappa shape index (κ2) is 3.83. The summed E-state index contributed by atoms with van der Waals surface area (Å²) in [6, 6.07) is 3.81. The highest BCUT2D eigenvalue weighted by Crippen LogP contribution is 2.27. The second-order valence-electron chi connectivity index (χ2n) is 3.95. The Bertz CT molecular complexity index is 572. The topological polar surface area (TPSA) is 42.2 Å². The first-order valence-electron chi connectivity index (χ1n) is 4.96. The molecule has 3 nitrogen and oxygen atoms in total. The molecular formula is C12H12ClNO2. The zero-order valence-electron chi connectivity index (χ0n) is 9.12. The fourth-order valence-electron chi connectivity index (χ4n) is 1.87. The molecule has 1 heterocycles. The average Bonchev–Trinajstić information content (AvgIpc) is 2.44. The van der Waals surface area contributed by atoms with E-state index in [0.29, 0.717) is 5.02 Å². The first-order chi connectivity index (χ1) is 7.49. The maximum Gasteiger partial charge on any atom is 0.323 e. The van der Waals surface area contributed by atoms with Crippen molar-refractivity contribution in [3.05, 3.63) is 34.5 Å². The number of carbonyl (C=O) groups is 1. The Morgan fingerprint density at radius 1 is 1.38 bits per heavy atom. The molecule has 2 aromatic rings. The van der Waals surface area contributed by atoms with Crippen LogP contribution >= 0.6 is 11.6 Å². The maximum atomic E-state index is 10.7. The molecule has 0 radical (unpaired) electrons. The van der Waals surface area contributed by atoms with E-state index in [4.69, 9.17) is 16.7 Å². The van der Waals surface area contributed by atoms with E-state index >= 15 is 0 Å². The molecular weight excluding hydrogens is 226 g/mol. The smallest absolute Gasteiger partial charge is 0.323 e. The Labute approximate surface area is 98.3 Å². The minimum Gasteiger partial charge on any atom is -0.480 e. The predicted octanol–water partition coefficient (Wildman–Crippen LogP) is 3.00. The monoisotopic (exact) mass is 237 g/mol. The number of carboxylic acids is 1. The molecule has 0 aliphatic rings. The molecule has 84 valence electrons. The highest BCUT2D eigenvalue weighted by molar-refractivity contribution is 6.32. The van der Waals surface area contributed by atoms with E-state index in [9.17, 15) is 4.79 Å². The van der Waals surface area contributed by atoms with Crippen molar-refractivity contribution in [3.63, 3.8) is 0 Å². The Hall–Kier alpha value is -1.48. The quantitative estimate of drug-likeness (QED) is 0.873. The molecule has 1 aromatic carbocycles. The number of hydrogen-bond acceptors (Lipinski definition) is 1. The lowest BCUT2D eigenvalue weighted by atomic mass is 10.1. The summed E-state index contributed by atoms with van der Waals surface area (Å²) < 4.78 is 1.71. The molecule has 16 heavy (non-hydrogen) atoms. The van der Waals surface area contributed by atoms with E-state index in [1.807, 2.05) is 32.2 Å². The van der Waals surface area contributed by atoms with Crippen molar-refractivity contribution in [1.82, 2.24) is 4.57 Å². The van der Waals surface area contributed by atoms with Gasteiger partial charge in [-0.2, -0.15) is 0 Å². The lowest BCUT2D eigenvalue weighted by Gasteiger charge is -2.03. The number of aryl methyl sites for hydroxylation is 2. The summed E-state index contributed by atoms with van der Waals surface area (Å²) in [5, 5.41) is 10.5. The Kier molecular flexibility index (Phi) is 2.64. The van der Waals surface area contributed by atoms with Gasteiger partial charge in [-0.05, 0) is 37.1 Å². The first kappa shape index (κ1) is 11.0. The van der Waals surface area contributed by atoms with Gasteiger partial charge in [-0.15, -0.1) is 0 Å². The van der Waals surface area contributed by atoms with Crippen molar-refractivity contribution in [2.45, 2.75) is 20.4 Å². The van der Waals surface area contributed by atoms with Gasteiger partial charge in [0, 0.05) is 16.6 Å². The fourth-order valence-corrected chi connectivity index (χ4v) is 2.03. The molecule has 0 spiro atoms. The zero-order valence-corrected chi connectivity index (χ0v) is 9.88. The van der Waals surface area contributed by atoms with Gasteiger partial charge in [0.1, 0.15) is 6.54 Å². The molecule has 0 atom stereocenters. The van der Waals surface area contributed by atoms with Crippen LogP contribution in [-0.4, -0.2) is 15.6 Å². The molecule has 2 rings (SSSR count). The highest BCUT2D eigenvalue weighted by Gasteiger charge is 2.09. The summed E-state index contributed by atoms with van der Waals surface area (Å²) in [7, 11) is 0. The lowest BCUT2D eigenvalue weighted by Crippen LogP contribution is -2.07. The van der Waals surface area contributed by atoms with Gasteiger partial charge in [-0.3, -0.25) is 4.79 Å². The summed E-state index contributed by atoms with van der Waals surface area (Å²) >= 11 is 6.04. The molecule has 0 aliphatic heterocycles. The number of benzene rings is 1. The van der Waals surface area contributed by atoms with Crippen LogP contribution in [0.15, 0.2) is 18.3 Å². The number of rotatable bonds is 2. The highest BCUT2D eigenvalue weighted by atomic mass is 35.5. The molecule has 0 fully saturated rings. The van der Waals surface area contributed by atoms with Crippen LogP contribution in [0.1, 0.15) is 11.1 Å². The number of aromatic nitrogens is 1. The minimum atomic E-state index is -0.853. The van der Waals surface area contributed by atoms with Crippen LogP contribution < -0.4 is 0 Å². The average molecular weight is 238 g/mol. The summed E-state index contributed by atoms with van der Waals surface area (Å²) in [6.07, 6.45) is 1.84. The van der Waals surface area contributed by atoms with Gasteiger partial charge in [0.25, 0.3) is 0 Å². The SMILES string of the molecule is Cc1cc2c(C)cn(CC(=O)O)c2cc1Cl. The molecule has 0 unspecified atom stereocenters. The third-order valence-corrected chi connectivity index (χ3v) is 3.07. The van der Waals surface area contributed by atoms with Crippen LogP contribution in [0, 0.1) is 13.8 Å². The van der Waals surface area contributed by atoms with Gasteiger partial charge in [0.05, 0.1) is 5.52 Å². The fraction of sp³-hybridized carbons (Fsp3) is 0.250. The van der Waals surface area contributed by atoms with Crippen LogP contribution in [-0.2, 0) is 11.3 Å². The van der Waals surface area contributed by atoms with Gasteiger partial charge >= 0.3 is 5.97 Å². The van der Waals surface area contributed by atoms with Crippen molar-refractivity contribution >= 4 is 28.5 Å². The molecule has 0 amide bonds. The van der Waals surface area contributed by atoms with Gasteiger partial charge in [-0.1, -0.05) is 11.6 Å². The van der Waals surface area contributed by atoms with E-state index in [2.05, 4.69) is 0 Å². The first-order valence-corrected chi connectivity index (χ1v) is 5.34. The van der Waals surface area contributed by atoms with E-state index < -0.39 is 5.97 Å². The summed E-state index contributed by atoms with van der Waals surface area (Å²) in [5.41, 5.74) is 2.94. The van der Waals surface area contributed by atoms with Crippen molar-refractivity contribution in [1.29, 1.82) is 0 Å². The van der Waals surface area contributed by atoms with Crippen molar-refractivity contribution in [2.75, 3.05) is 0 Å². The molecule has 4 heteroatoms. The van der Waals surface area contributed by atoms with Crippen LogP contribution in [0.5, 0.6) is 0 Å². The van der Waals surface area contributed by atoms with Gasteiger partial charge < -0.3 is 9.67 Å². The third kappa shape index (κ3) is 1.78. The number of fused-ring (bicyclic) bond motifs is 1. The number of carboxylic acid groups (broad SMARTS) is 1. The van der Waals surface area contributed by atoms with Crippen LogP contribution in [0.3, 0.4) is 0 Å². The number of halogens is 1. The van der Waals surface area contributed by atoms with Gasteiger partial charge in [-0.25, -0.2) is 0 Å². The number of nitrogens with zero attached hydrogens (tertiary/aromatic N) is 1. The Morgan fingerprint density at radius 2 is 2.06 bits per heavy atom. The largest absolute Gasteiger partial charge is 0.480 e. The van der Waals surface area contributed by atoms with Crippen LogP contribution in [0.2, 0.25) is 5.02 Å². The van der Waals surface area contributed by atoms with Crippen LogP contribution in [0.25, 0.3) is 10.9 Å². The maximum absolute atomic E-state index is 10.7. The van der Waals surface area contributed by atoms with Crippen molar-refractivity contribution in [2.24, 2.45) is 0 Å². The summed E-state index contributed by atoms with van der Waals surface area (Å²) in [5.74, 6) is -0.853. The predicted molar refractivity (Wildman–Crippen MR) is 64.1 cm³/mol. The molecule has 0 saturated carbocycles. The molecule has 0 aliphatic carbocycles. The molecule has 0 saturated heterocycles. The van der Waals surface area contributed by atoms with E-state index in [1.165, 1.54) is 0 Å². The van der Waals surface area contributed by atoms with Gasteiger partial charge in [0.2, 0.25) is 0 Å². The molecule has 1 N–H and O–H groups in total. The summed E-state index contributed by atoms with van der Waals surface area (Å²) in [4.78, 5) is 10.7. The van der Waals surface area contributed by atoms with Gasteiger partial charge in [0.15, 0.2) is 0 Å². The lowest BCUT2D eigenvalue weighted by molar-refractivity contribution is -0.137. The number of hydrogen-bond donors (Lipinski definition) is 1.